The number of nitrogens with zero attached hydrogens (tertiary/aromatic N) is 2. The molecule has 1 heterocycles. The minimum atomic E-state index is -1.05. The van der Waals surface area contributed by atoms with Gasteiger partial charge in [-0.15, -0.1) is 11.3 Å². The van der Waals surface area contributed by atoms with E-state index in [-0.39, 0.29) is 17.8 Å². The van der Waals surface area contributed by atoms with Gasteiger partial charge in [0.2, 0.25) is 0 Å². The molecule has 2 N–H and O–H groups in total. The molecule has 0 aromatic carbocycles. The molecule has 0 radical (unpaired) electrons. The summed E-state index contributed by atoms with van der Waals surface area (Å²) in [5.74, 6) is -1.05. The van der Waals surface area contributed by atoms with E-state index in [9.17, 15) is 9.59 Å². The number of aromatic nitrogens is 1. The zero-order chi connectivity index (χ0) is 14.4. The molecule has 0 saturated heterocycles. The number of carboxylic acids is 1. The minimum Gasteiger partial charge on any atom is -0.476 e. The number of rotatable bonds is 6. The zero-order valence-corrected chi connectivity index (χ0v) is 12.2. The Balaban J connectivity index is 2.55. The van der Waals surface area contributed by atoms with E-state index in [4.69, 9.17) is 5.11 Å². The average molecular weight is 285 g/mol. The van der Waals surface area contributed by atoms with Crippen LogP contribution >= 0.6 is 11.3 Å². The molecule has 1 rings (SSSR count). The summed E-state index contributed by atoms with van der Waals surface area (Å²) < 4.78 is 0. The highest BCUT2D eigenvalue weighted by molar-refractivity contribution is 7.09. The third kappa shape index (κ3) is 4.51. The molecule has 0 spiro atoms. The van der Waals surface area contributed by atoms with E-state index in [0.29, 0.717) is 11.6 Å². The molecular weight excluding hydrogens is 266 g/mol. The zero-order valence-electron chi connectivity index (χ0n) is 11.3. The van der Waals surface area contributed by atoms with Gasteiger partial charge >= 0.3 is 12.0 Å². The molecule has 1 aromatic rings. The van der Waals surface area contributed by atoms with E-state index in [1.165, 1.54) is 16.7 Å². The van der Waals surface area contributed by atoms with Crippen LogP contribution in [-0.4, -0.2) is 40.6 Å². The number of carbonyl (C=O) groups is 2. The number of unbranched alkanes of at least 4 members (excludes halogenated alkanes) is 1. The molecule has 0 bridgehead atoms. The fourth-order valence-corrected chi connectivity index (χ4v) is 2.24. The van der Waals surface area contributed by atoms with Crippen molar-refractivity contribution in [2.45, 2.75) is 32.7 Å². The van der Waals surface area contributed by atoms with Crippen molar-refractivity contribution >= 4 is 23.3 Å². The molecule has 19 heavy (non-hydrogen) atoms. The van der Waals surface area contributed by atoms with Crippen LogP contribution in [0.4, 0.5) is 4.79 Å². The molecule has 0 saturated carbocycles. The van der Waals surface area contributed by atoms with Crippen molar-refractivity contribution in [3.63, 3.8) is 0 Å². The average Bonchev–Trinajstić information content (AvgIpc) is 2.85. The van der Waals surface area contributed by atoms with Crippen LogP contribution < -0.4 is 5.32 Å². The molecular formula is C12H19N3O3S. The third-order valence-electron chi connectivity index (χ3n) is 2.65. The number of nitrogens with one attached hydrogen (secondary N) is 1. The number of thiazole rings is 1. The Hall–Kier alpha value is -1.63. The maximum absolute atomic E-state index is 11.8. The van der Waals surface area contributed by atoms with Crippen molar-refractivity contribution < 1.29 is 14.7 Å². The SMILES string of the molecule is CCCCN(C)C(=O)NC(C)c1nc(C(=O)O)cs1. The summed E-state index contributed by atoms with van der Waals surface area (Å²) in [5.41, 5.74) is 0.0143. The molecule has 6 nitrogen and oxygen atoms in total. The standard InChI is InChI=1S/C12H19N3O3S/c1-4-5-6-15(3)12(18)13-8(2)10-14-9(7-19-10)11(16)17/h7-8H,4-6H2,1-3H3,(H,13,18)(H,16,17). The van der Waals surface area contributed by atoms with Crippen LogP contribution in [0.2, 0.25) is 0 Å². The number of carbonyl (C=O) groups excluding carboxylic acids is 1. The highest BCUT2D eigenvalue weighted by Crippen LogP contribution is 2.18. The van der Waals surface area contributed by atoms with Gasteiger partial charge in [0, 0.05) is 19.0 Å². The highest BCUT2D eigenvalue weighted by atomic mass is 32.1. The topological polar surface area (TPSA) is 82.5 Å². The minimum absolute atomic E-state index is 0.0143. The van der Waals surface area contributed by atoms with Gasteiger partial charge in [-0.1, -0.05) is 13.3 Å². The van der Waals surface area contributed by atoms with Gasteiger partial charge in [0.05, 0.1) is 6.04 Å². The van der Waals surface area contributed by atoms with E-state index in [2.05, 4.69) is 17.2 Å². The number of amides is 2. The summed E-state index contributed by atoms with van der Waals surface area (Å²) in [4.78, 5) is 28.2. The molecule has 1 unspecified atom stereocenters. The molecule has 0 fully saturated rings. The van der Waals surface area contributed by atoms with E-state index in [1.807, 2.05) is 0 Å². The molecule has 1 atom stereocenters. The first kappa shape index (κ1) is 15.4. The van der Waals surface area contributed by atoms with Crippen molar-refractivity contribution in [1.29, 1.82) is 0 Å². The Kier molecular flexibility index (Phi) is 5.75. The van der Waals surface area contributed by atoms with Gasteiger partial charge in [-0.25, -0.2) is 14.6 Å². The number of hydrogen-bond donors (Lipinski definition) is 2. The Labute approximate surface area is 116 Å². The lowest BCUT2D eigenvalue weighted by atomic mass is 10.3. The van der Waals surface area contributed by atoms with Gasteiger partial charge in [0.1, 0.15) is 5.01 Å². The van der Waals surface area contributed by atoms with Crippen molar-refractivity contribution in [3.05, 3.63) is 16.1 Å². The lowest BCUT2D eigenvalue weighted by Crippen LogP contribution is -2.39. The quantitative estimate of drug-likeness (QED) is 0.840. The molecule has 2 amide bonds. The summed E-state index contributed by atoms with van der Waals surface area (Å²) in [7, 11) is 1.74. The van der Waals surface area contributed by atoms with Crippen LogP contribution in [0, 0.1) is 0 Å². The molecule has 0 aliphatic heterocycles. The van der Waals surface area contributed by atoms with E-state index >= 15 is 0 Å². The second-order valence-electron chi connectivity index (χ2n) is 4.32. The van der Waals surface area contributed by atoms with E-state index in [0.717, 1.165) is 12.8 Å². The maximum Gasteiger partial charge on any atom is 0.355 e. The largest absolute Gasteiger partial charge is 0.476 e. The Morgan fingerprint density at radius 3 is 2.79 bits per heavy atom. The van der Waals surface area contributed by atoms with Crippen LogP contribution in [0.15, 0.2) is 5.38 Å². The lowest BCUT2D eigenvalue weighted by molar-refractivity contribution is 0.0691. The number of carboxylic acid groups (broad SMARTS) is 1. The van der Waals surface area contributed by atoms with Gasteiger partial charge in [0.15, 0.2) is 5.69 Å². The smallest absolute Gasteiger partial charge is 0.355 e. The van der Waals surface area contributed by atoms with Crippen molar-refractivity contribution in [2.24, 2.45) is 0 Å². The van der Waals surface area contributed by atoms with Crippen molar-refractivity contribution in [2.75, 3.05) is 13.6 Å². The van der Waals surface area contributed by atoms with Crippen LogP contribution in [0.25, 0.3) is 0 Å². The normalized spacial score (nSPS) is 11.9. The number of hydrogen-bond acceptors (Lipinski definition) is 4. The van der Waals surface area contributed by atoms with Crippen LogP contribution in [-0.2, 0) is 0 Å². The summed E-state index contributed by atoms with van der Waals surface area (Å²) in [6, 6.07) is -0.470. The molecule has 1 aromatic heterocycles. The Bertz CT molecular complexity index is 447. The Morgan fingerprint density at radius 2 is 2.26 bits per heavy atom. The summed E-state index contributed by atoms with van der Waals surface area (Å²) in [6.45, 7) is 4.56. The second kappa shape index (κ2) is 7.08. The fraction of sp³-hybridized carbons (Fsp3) is 0.583. The maximum atomic E-state index is 11.8. The summed E-state index contributed by atoms with van der Waals surface area (Å²) >= 11 is 1.23. The monoisotopic (exact) mass is 285 g/mol. The van der Waals surface area contributed by atoms with E-state index < -0.39 is 5.97 Å². The molecule has 0 aliphatic carbocycles. The molecule has 0 aliphatic rings. The van der Waals surface area contributed by atoms with Crippen molar-refractivity contribution in [1.82, 2.24) is 15.2 Å². The predicted octanol–water partition coefficient (Wildman–Crippen LogP) is 2.34. The first-order chi connectivity index (χ1) is 8.95. The fourth-order valence-electron chi connectivity index (χ4n) is 1.44. The molecule has 106 valence electrons. The van der Waals surface area contributed by atoms with Crippen molar-refractivity contribution in [3.8, 4) is 0 Å². The van der Waals surface area contributed by atoms with E-state index in [1.54, 1.807) is 18.9 Å². The first-order valence-electron chi connectivity index (χ1n) is 6.16. The summed E-state index contributed by atoms with van der Waals surface area (Å²) in [6.07, 6.45) is 1.99. The number of aromatic carboxylic acids is 1. The van der Waals surface area contributed by atoms with Crippen LogP contribution in [0.1, 0.15) is 48.2 Å². The van der Waals surface area contributed by atoms with Gasteiger partial charge in [-0.3, -0.25) is 0 Å². The van der Waals surface area contributed by atoms with Gasteiger partial charge in [-0.2, -0.15) is 0 Å². The number of urea groups is 1. The third-order valence-corrected chi connectivity index (χ3v) is 3.67. The second-order valence-corrected chi connectivity index (χ2v) is 5.21. The highest BCUT2D eigenvalue weighted by Gasteiger charge is 2.17. The predicted molar refractivity (Wildman–Crippen MR) is 73.6 cm³/mol. The van der Waals surface area contributed by atoms with Gasteiger partial charge < -0.3 is 15.3 Å². The van der Waals surface area contributed by atoms with Crippen LogP contribution in [0.5, 0.6) is 0 Å². The van der Waals surface area contributed by atoms with Gasteiger partial charge in [-0.05, 0) is 13.3 Å². The Morgan fingerprint density at radius 1 is 1.58 bits per heavy atom. The lowest BCUT2D eigenvalue weighted by Gasteiger charge is -2.20. The summed E-state index contributed by atoms with van der Waals surface area (Å²) in [5, 5.41) is 13.7. The molecule has 7 heteroatoms. The first-order valence-corrected chi connectivity index (χ1v) is 7.04. The van der Waals surface area contributed by atoms with Crippen LogP contribution in [0.3, 0.4) is 0 Å². The van der Waals surface area contributed by atoms with Gasteiger partial charge in [0.25, 0.3) is 0 Å².